The summed E-state index contributed by atoms with van der Waals surface area (Å²) in [6, 6.07) is -3.95. The summed E-state index contributed by atoms with van der Waals surface area (Å²) < 4.78 is 24.8. The van der Waals surface area contributed by atoms with E-state index < -0.39 is 89.9 Å². The highest BCUT2D eigenvalue weighted by Crippen LogP contribution is 2.65. The van der Waals surface area contributed by atoms with Crippen LogP contribution >= 0.6 is 23.2 Å². The van der Waals surface area contributed by atoms with Gasteiger partial charge in [-0.05, 0) is 43.9 Å². The van der Waals surface area contributed by atoms with Gasteiger partial charge in [-0.25, -0.2) is 13.2 Å². The molecule has 4 aliphatic rings. The van der Waals surface area contributed by atoms with E-state index in [1.807, 2.05) is 13.8 Å². The number of urea groups is 1. The van der Waals surface area contributed by atoms with E-state index in [4.69, 9.17) is 23.2 Å². The summed E-state index contributed by atoms with van der Waals surface area (Å²) in [6.07, 6.45) is 6.86. The molecule has 0 aromatic heterocycles. The van der Waals surface area contributed by atoms with Crippen LogP contribution < -0.4 is 21.3 Å². The van der Waals surface area contributed by atoms with Crippen LogP contribution in [-0.4, -0.2) is 94.9 Å². The zero-order valence-electron chi connectivity index (χ0n) is 28.8. The summed E-state index contributed by atoms with van der Waals surface area (Å²) in [4.78, 5) is 69.0. The molecule has 4 fully saturated rings. The van der Waals surface area contributed by atoms with Crippen LogP contribution in [0.15, 0.2) is 0 Å². The number of likely N-dealkylation sites (tertiary alicyclic amines) is 1. The van der Waals surface area contributed by atoms with Gasteiger partial charge in [-0.2, -0.15) is 0 Å². The molecule has 2 saturated carbocycles. The SMILES string of the molecule is CCCC[C@H](NC(=O)[C@@H]1[C@@H]2[C@H](CN1C(=O)[C@@H](NC(=O)NC1([C@@H]3CCCS3(=O)=O)CCCCC1)C(C)(C)C)C2(Cl)Cl)C(=O)C(=O)NCCC. The number of hydrogen-bond acceptors (Lipinski definition) is 7. The fourth-order valence-electron chi connectivity index (χ4n) is 7.88. The molecule has 0 aromatic rings. The van der Waals surface area contributed by atoms with Crippen LogP contribution in [0.4, 0.5) is 4.79 Å². The minimum atomic E-state index is -3.37. The highest BCUT2D eigenvalue weighted by atomic mass is 35.5. The van der Waals surface area contributed by atoms with Crippen LogP contribution in [0.1, 0.15) is 105 Å². The molecule has 0 radical (unpaired) electrons. The van der Waals surface area contributed by atoms with Gasteiger partial charge in [-0.15, -0.1) is 23.2 Å². The van der Waals surface area contributed by atoms with Crippen LogP contribution in [0, 0.1) is 17.3 Å². The van der Waals surface area contributed by atoms with Crippen molar-refractivity contribution < 1.29 is 32.4 Å². The van der Waals surface area contributed by atoms with Crippen molar-refractivity contribution in [2.24, 2.45) is 17.3 Å². The molecule has 4 N–H and O–H groups in total. The van der Waals surface area contributed by atoms with Crippen LogP contribution in [0.25, 0.3) is 0 Å². The third-order valence-electron chi connectivity index (χ3n) is 10.6. The molecule has 12 nitrogen and oxygen atoms in total. The van der Waals surface area contributed by atoms with Gasteiger partial charge >= 0.3 is 6.03 Å². The van der Waals surface area contributed by atoms with E-state index in [1.165, 1.54) is 4.90 Å². The van der Waals surface area contributed by atoms with Gasteiger partial charge in [-0.1, -0.05) is 66.7 Å². The molecule has 0 aromatic carbocycles. The summed E-state index contributed by atoms with van der Waals surface area (Å²) in [7, 11) is -3.37. The number of piperidine rings is 1. The molecule has 272 valence electrons. The Kier molecular flexibility index (Phi) is 12.1. The van der Waals surface area contributed by atoms with Crippen molar-refractivity contribution in [1.82, 2.24) is 26.2 Å². The second kappa shape index (κ2) is 15.0. The normalized spacial score (nSPS) is 28.0. The van der Waals surface area contributed by atoms with Crippen molar-refractivity contribution in [1.29, 1.82) is 0 Å². The van der Waals surface area contributed by atoms with E-state index in [0.717, 1.165) is 25.7 Å². The van der Waals surface area contributed by atoms with Crippen molar-refractivity contribution in [2.45, 2.75) is 138 Å². The molecule has 2 aliphatic heterocycles. The lowest BCUT2D eigenvalue weighted by atomic mass is 9.78. The maximum Gasteiger partial charge on any atom is 0.315 e. The number of amides is 5. The van der Waals surface area contributed by atoms with Gasteiger partial charge < -0.3 is 26.2 Å². The molecule has 0 unspecified atom stereocenters. The third-order valence-corrected chi connectivity index (χ3v) is 14.0. The summed E-state index contributed by atoms with van der Waals surface area (Å²) in [6.45, 7) is 9.56. The number of hydrogen-bond donors (Lipinski definition) is 4. The van der Waals surface area contributed by atoms with Crippen LogP contribution in [0.3, 0.4) is 0 Å². The molecule has 4 rings (SSSR count). The number of sulfone groups is 1. The molecule has 2 saturated heterocycles. The Labute approximate surface area is 294 Å². The lowest BCUT2D eigenvalue weighted by Crippen LogP contribution is -2.65. The van der Waals surface area contributed by atoms with Crippen molar-refractivity contribution in [3.8, 4) is 0 Å². The monoisotopic (exact) mass is 733 g/mol. The zero-order valence-corrected chi connectivity index (χ0v) is 31.2. The predicted octanol–water partition coefficient (Wildman–Crippen LogP) is 3.38. The van der Waals surface area contributed by atoms with Gasteiger partial charge in [0.1, 0.15) is 16.4 Å². The number of ketones is 1. The fraction of sp³-hybridized carbons (Fsp3) is 0.848. The number of alkyl halides is 2. The number of unbranched alkanes of at least 4 members (excludes halogenated alkanes) is 1. The van der Waals surface area contributed by atoms with E-state index in [-0.39, 0.29) is 18.7 Å². The average Bonchev–Trinajstić information content (AvgIpc) is 3.33. The number of rotatable bonds is 13. The first-order valence-corrected chi connectivity index (χ1v) is 20.0. The number of Topliss-reactive ketones (excluding diaryl/α,β-unsaturated/α-hetero) is 1. The molecular formula is C33H53Cl2N5O7S. The Bertz CT molecular complexity index is 1360. The van der Waals surface area contributed by atoms with Gasteiger partial charge in [0.2, 0.25) is 17.6 Å². The number of nitrogens with zero attached hydrogens (tertiary/aromatic N) is 1. The number of carbonyl (C=O) groups excluding carboxylic acids is 5. The molecule has 15 heteroatoms. The molecule has 2 heterocycles. The summed E-state index contributed by atoms with van der Waals surface area (Å²) >= 11 is 13.1. The molecular weight excluding hydrogens is 681 g/mol. The summed E-state index contributed by atoms with van der Waals surface area (Å²) in [5.74, 6) is -3.60. The van der Waals surface area contributed by atoms with Crippen LogP contribution in [-0.2, 0) is 29.0 Å². The van der Waals surface area contributed by atoms with Gasteiger partial charge in [0.05, 0.1) is 22.6 Å². The van der Waals surface area contributed by atoms with E-state index in [9.17, 15) is 32.4 Å². The largest absolute Gasteiger partial charge is 0.349 e. The molecule has 0 bridgehead atoms. The number of halogens is 2. The minimum absolute atomic E-state index is 0.0687. The fourth-order valence-corrected chi connectivity index (χ4v) is 11.1. The smallest absolute Gasteiger partial charge is 0.315 e. The molecule has 6 atom stereocenters. The van der Waals surface area contributed by atoms with E-state index in [2.05, 4.69) is 21.3 Å². The van der Waals surface area contributed by atoms with Crippen molar-refractivity contribution >= 4 is 62.6 Å². The Morgan fingerprint density at radius 2 is 1.62 bits per heavy atom. The Morgan fingerprint density at radius 3 is 2.19 bits per heavy atom. The van der Waals surface area contributed by atoms with Crippen LogP contribution in [0.2, 0.25) is 0 Å². The van der Waals surface area contributed by atoms with Crippen LogP contribution in [0.5, 0.6) is 0 Å². The highest BCUT2D eigenvalue weighted by molar-refractivity contribution is 7.92. The standard InChI is InChI=1S/C33H53Cl2N5O7S/c1-6-8-13-21(25(41)28(43)36-17-7-2)37-27(42)24-23-20(33(23,34)35)19-40(24)29(44)26(31(3,4)5)38-30(45)39-32(15-10-9-11-16-32)22-14-12-18-48(22,46)47/h20-24,26H,6-19H2,1-5H3,(H,36,43)(H,37,42)(H2,38,39,45)/t20-,21-,22-,23-,24-,26+/m0/s1. The maximum atomic E-state index is 14.4. The predicted molar refractivity (Wildman–Crippen MR) is 184 cm³/mol. The number of nitrogens with one attached hydrogen (secondary N) is 4. The molecule has 5 amide bonds. The topological polar surface area (TPSA) is 171 Å². The number of fused-ring (bicyclic) bond motifs is 1. The number of carbonyl (C=O) groups is 5. The van der Waals surface area contributed by atoms with Gasteiger partial charge in [0.25, 0.3) is 5.91 Å². The maximum absolute atomic E-state index is 14.4. The van der Waals surface area contributed by atoms with E-state index in [0.29, 0.717) is 45.1 Å². The minimum Gasteiger partial charge on any atom is -0.349 e. The average molecular weight is 735 g/mol. The molecule has 2 aliphatic carbocycles. The lowest BCUT2D eigenvalue weighted by molar-refractivity contribution is -0.144. The first kappa shape index (κ1) is 38.7. The van der Waals surface area contributed by atoms with E-state index in [1.54, 1.807) is 20.8 Å². The summed E-state index contributed by atoms with van der Waals surface area (Å²) in [5.41, 5.74) is -1.72. The van der Waals surface area contributed by atoms with Gasteiger partial charge in [0, 0.05) is 24.9 Å². The summed E-state index contributed by atoms with van der Waals surface area (Å²) in [5, 5.41) is 10.5. The van der Waals surface area contributed by atoms with E-state index >= 15 is 0 Å². The lowest BCUT2D eigenvalue weighted by Gasteiger charge is -2.43. The first-order chi connectivity index (χ1) is 22.4. The molecule has 0 spiro atoms. The Morgan fingerprint density at radius 1 is 0.958 bits per heavy atom. The van der Waals surface area contributed by atoms with Crippen molar-refractivity contribution in [3.05, 3.63) is 0 Å². The molecule has 48 heavy (non-hydrogen) atoms. The van der Waals surface area contributed by atoms with Crippen molar-refractivity contribution in [3.63, 3.8) is 0 Å². The van der Waals surface area contributed by atoms with Gasteiger partial charge in [-0.3, -0.25) is 19.2 Å². The quantitative estimate of drug-likeness (QED) is 0.166. The highest BCUT2D eigenvalue weighted by Gasteiger charge is 2.74. The third kappa shape index (κ3) is 8.09. The Hall–Kier alpha value is -2.12. The second-order valence-corrected chi connectivity index (χ2v) is 18.9. The first-order valence-electron chi connectivity index (χ1n) is 17.5. The second-order valence-electron chi connectivity index (χ2n) is 15.2. The Balaban J connectivity index is 1.55. The van der Waals surface area contributed by atoms with Crippen molar-refractivity contribution in [2.75, 3.05) is 18.8 Å². The zero-order chi connectivity index (χ0) is 35.7. The van der Waals surface area contributed by atoms with Gasteiger partial charge in [0.15, 0.2) is 9.84 Å².